The number of nitrogens with one attached hydrogen (secondary N) is 2. The molecule has 0 aliphatic heterocycles. The Kier molecular flexibility index (Phi) is 7.35. The standard InChI is InChI=1S/C27H27N3O3S/c1-19(22-9-7-8-20(17-22)18-28)16-26(31)29-23-14-12-21(13-15-23)24-10-5-6-11-25(24)34(32,33)30-27(2,3)4/h5-17,30H,1-4H3,(H,29,31)/b19-16-. The Labute approximate surface area is 201 Å². The van der Waals surface area contributed by atoms with Crippen molar-refractivity contribution in [2.75, 3.05) is 5.32 Å². The Hall–Kier alpha value is -3.73. The minimum absolute atomic E-state index is 0.194. The van der Waals surface area contributed by atoms with Gasteiger partial charge in [0.2, 0.25) is 15.9 Å². The molecule has 0 fully saturated rings. The van der Waals surface area contributed by atoms with Crippen LogP contribution in [0.4, 0.5) is 5.69 Å². The van der Waals surface area contributed by atoms with Crippen LogP contribution in [0.25, 0.3) is 16.7 Å². The van der Waals surface area contributed by atoms with Crippen LogP contribution in [0, 0.1) is 11.3 Å². The van der Waals surface area contributed by atoms with Crippen molar-refractivity contribution >= 4 is 27.2 Å². The van der Waals surface area contributed by atoms with Gasteiger partial charge in [-0.3, -0.25) is 4.79 Å². The molecule has 3 aromatic rings. The molecule has 0 aliphatic carbocycles. The summed E-state index contributed by atoms with van der Waals surface area (Å²) in [5.74, 6) is -0.301. The minimum Gasteiger partial charge on any atom is -0.323 e. The maximum atomic E-state index is 12.9. The van der Waals surface area contributed by atoms with Crippen LogP contribution in [0.3, 0.4) is 0 Å². The molecule has 3 rings (SSSR count). The fourth-order valence-corrected chi connectivity index (χ4v) is 5.07. The Morgan fingerprint density at radius 1 is 0.971 bits per heavy atom. The number of anilines is 1. The quantitative estimate of drug-likeness (QED) is 0.472. The van der Waals surface area contributed by atoms with Gasteiger partial charge >= 0.3 is 0 Å². The average molecular weight is 474 g/mol. The van der Waals surface area contributed by atoms with Crippen molar-refractivity contribution < 1.29 is 13.2 Å². The molecule has 0 aliphatic rings. The van der Waals surface area contributed by atoms with E-state index in [-0.39, 0.29) is 10.8 Å². The fraction of sp³-hybridized carbons (Fsp3) is 0.185. The van der Waals surface area contributed by atoms with Gasteiger partial charge in [-0.1, -0.05) is 42.5 Å². The summed E-state index contributed by atoms with van der Waals surface area (Å²) in [6.07, 6.45) is 1.48. The number of amides is 1. The van der Waals surface area contributed by atoms with Crippen molar-refractivity contribution in [1.29, 1.82) is 5.26 Å². The summed E-state index contributed by atoms with van der Waals surface area (Å²) in [5.41, 5.74) is 3.32. The average Bonchev–Trinajstić information content (AvgIpc) is 2.78. The molecule has 0 bridgehead atoms. The van der Waals surface area contributed by atoms with Gasteiger partial charge in [0.15, 0.2) is 0 Å². The van der Waals surface area contributed by atoms with Crippen LogP contribution >= 0.6 is 0 Å². The molecule has 6 nitrogen and oxygen atoms in total. The molecule has 0 heterocycles. The lowest BCUT2D eigenvalue weighted by atomic mass is 10.0. The van der Waals surface area contributed by atoms with Crippen molar-refractivity contribution in [3.05, 3.63) is 90.0 Å². The van der Waals surface area contributed by atoms with E-state index in [1.165, 1.54) is 6.08 Å². The molecule has 0 saturated heterocycles. The number of sulfonamides is 1. The number of benzene rings is 3. The monoisotopic (exact) mass is 473 g/mol. The molecule has 2 N–H and O–H groups in total. The first-order chi connectivity index (χ1) is 16.0. The maximum Gasteiger partial charge on any atom is 0.248 e. The number of nitriles is 1. The molecule has 1 amide bonds. The molecule has 174 valence electrons. The van der Waals surface area contributed by atoms with Crippen molar-refractivity contribution in [1.82, 2.24) is 4.72 Å². The van der Waals surface area contributed by atoms with Crippen LogP contribution < -0.4 is 10.0 Å². The molecule has 0 atom stereocenters. The van der Waals surface area contributed by atoms with Crippen LogP contribution in [0.1, 0.15) is 38.8 Å². The summed E-state index contributed by atoms with van der Waals surface area (Å²) in [5, 5.41) is 11.9. The van der Waals surface area contributed by atoms with Crippen molar-refractivity contribution in [2.45, 2.75) is 38.1 Å². The molecular formula is C27H27N3O3S. The Morgan fingerprint density at radius 3 is 2.29 bits per heavy atom. The number of allylic oxidation sites excluding steroid dienone is 1. The number of hydrogen-bond donors (Lipinski definition) is 2. The van der Waals surface area contributed by atoms with E-state index >= 15 is 0 Å². The van der Waals surface area contributed by atoms with Gasteiger partial charge in [0.05, 0.1) is 16.5 Å². The van der Waals surface area contributed by atoms with Gasteiger partial charge in [0.25, 0.3) is 0 Å². The normalized spacial score (nSPS) is 12.1. The highest BCUT2D eigenvalue weighted by molar-refractivity contribution is 7.89. The summed E-state index contributed by atoms with van der Waals surface area (Å²) < 4.78 is 28.5. The zero-order valence-corrected chi connectivity index (χ0v) is 20.4. The van der Waals surface area contributed by atoms with Crippen LogP contribution in [0.15, 0.2) is 83.8 Å². The molecule has 3 aromatic carbocycles. The highest BCUT2D eigenvalue weighted by Gasteiger charge is 2.24. The smallest absolute Gasteiger partial charge is 0.248 e. The molecule has 0 unspecified atom stereocenters. The van der Waals surface area contributed by atoms with Crippen LogP contribution in [-0.4, -0.2) is 19.9 Å². The number of hydrogen-bond acceptors (Lipinski definition) is 4. The van der Waals surface area contributed by atoms with Gasteiger partial charge in [0, 0.05) is 22.9 Å². The summed E-state index contributed by atoms with van der Waals surface area (Å²) in [7, 11) is -3.72. The Balaban J connectivity index is 1.80. The third-order valence-electron chi connectivity index (χ3n) is 4.88. The first-order valence-corrected chi connectivity index (χ1v) is 12.2. The van der Waals surface area contributed by atoms with Crippen LogP contribution in [-0.2, 0) is 14.8 Å². The second kappa shape index (κ2) is 10.0. The largest absolute Gasteiger partial charge is 0.323 e. The van der Waals surface area contributed by atoms with E-state index in [2.05, 4.69) is 16.1 Å². The van der Waals surface area contributed by atoms with Gasteiger partial charge in [0.1, 0.15) is 0 Å². The maximum absolute atomic E-state index is 12.9. The predicted molar refractivity (Wildman–Crippen MR) is 135 cm³/mol. The highest BCUT2D eigenvalue weighted by atomic mass is 32.2. The first kappa shape index (κ1) is 24.9. The van der Waals surface area contributed by atoms with Crippen molar-refractivity contribution in [2.24, 2.45) is 0 Å². The lowest BCUT2D eigenvalue weighted by Crippen LogP contribution is -2.40. The second-order valence-corrected chi connectivity index (χ2v) is 10.6. The third-order valence-corrected chi connectivity index (χ3v) is 6.69. The molecule has 0 saturated carbocycles. The van der Waals surface area contributed by atoms with Gasteiger partial charge in [-0.25, -0.2) is 13.1 Å². The molecular weight excluding hydrogens is 446 g/mol. The lowest BCUT2D eigenvalue weighted by molar-refractivity contribution is -0.111. The molecule has 34 heavy (non-hydrogen) atoms. The summed E-state index contributed by atoms with van der Waals surface area (Å²) in [6.45, 7) is 7.19. The van der Waals surface area contributed by atoms with Crippen LogP contribution in [0.2, 0.25) is 0 Å². The Bertz CT molecular complexity index is 1380. The predicted octanol–water partition coefficient (Wildman–Crippen LogP) is 5.34. The zero-order valence-electron chi connectivity index (χ0n) is 19.6. The number of carbonyl (C=O) groups excluding carboxylic acids is 1. The van der Waals surface area contributed by atoms with E-state index in [1.807, 2.05) is 13.0 Å². The number of rotatable bonds is 6. The molecule has 0 radical (unpaired) electrons. The van der Waals surface area contributed by atoms with Crippen molar-refractivity contribution in [3.63, 3.8) is 0 Å². The van der Waals surface area contributed by atoms with Gasteiger partial charge < -0.3 is 5.32 Å². The van der Waals surface area contributed by atoms with E-state index in [0.717, 1.165) is 11.1 Å². The van der Waals surface area contributed by atoms with Gasteiger partial charge in [-0.2, -0.15) is 5.26 Å². The third kappa shape index (κ3) is 6.41. The SMILES string of the molecule is C/C(=C/C(=O)Nc1ccc(-c2ccccc2S(=O)(=O)NC(C)(C)C)cc1)c1cccc(C#N)c1. The first-order valence-electron chi connectivity index (χ1n) is 10.7. The van der Waals surface area contributed by atoms with Gasteiger partial charge in [-0.05, 0) is 74.7 Å². The zero-order chi connectivity index (χ0) is 24.9. The fourth-order valence-electron chi connectivity index (χ4n) is 3.42. The summed E-state index contributed by atoms with van der Waals surface area (Å²) in [4.78, 5) is 12.7. The van der Waals surface area contributed by atoms with E-state index in [1.54, 1.807) is 87.5 Å². The van der Waals surface area contributed by atoms with E-state index in [4.69, 9.17) is 5.26 Å². The number of nitrogens with zero attached hydrogens (tertiary/aromatic N) is 1. The molecule has 0 spiro atoms. The molecule has 7 heteroatoms. The number of carbonyl (C=O) groups is 1. The van der Waals surface area contributed by atoms with Crippen LogP contribution in [0.5, 0.6) is 0 Å². The highest BCUT2D eigenvalue weighted by Crippen LogP contribution is 2.29. The topological polar surface area (TPSA) is 99.1 Å². The van der Waals surface area contributed by atoms with E-state index in [9.17, 15) is 13.2 Å². The van der Waals surface area contributed by atoms with Crippen molar-refractivity contribution in [3.8, 4) is 17.2 Å². The second-order valence-electron chi connectivity index (χ2n) is 8.94. The Morgan fingerprint density at radius 2 is 1.65 bits per heavy atom. The molecule has 0 aromatic heterocycles. The van der Waals surface area contributed by atoms with E-state index in [0.29, 0.717) is 22.4 Å². The van der Waals surface area contributed by atoms with E-state index < -0.39 is 15.6 Å². The minimum atomic E-state index is -3.72. The summed E-state index contributed by atoms with van der Waals surface area (Å²) >= 11 is 0. The lowest BCUT2D eigenvalue weighted by Gasteiger charge is -2.21. The summed E-state index contributed by atoms with van der Waals surface area (Å²) in [6, 6.07) is 23.0. The van der Waals surface area contributed by atoms with Gasteiger partial charge in [-0.15, -0.1) is 0 Å².